The number of halogens is 1. The molecule has 0 heterocycles. The van der Waals surface area contributed by atoms with Crippen LogP contribution in [0.2, 0.25) is 0 Å². The predicted octanol–water partition coefficient (Wildman–Crippen LogP) is 4.19. The van der Waals surface area contributed by atoms with Gasteiger partial charge in [-0.3, -0.25) is 0 Å². The Morgan fingerprint density at radius 3 is 2.50 bits per heavy atom. The van der Waals surface area contributed by atoms with E-state index in [2.05, 4.69) is 65.9 Å². The van der Waals surface area contributed by atoms with Crippen molar-refractivity contribution in [3.63, 3.8) is 0 Å². The van der Waals surface area contributed by atoms with Crippen LogP contribution in [0.5, 0.6) is 0 Å². The standard InChI is InChI=1S/C13H18BrNS/c1-10(2)15-8-12-4-6-13(7-5-12)16-9-11(3)14/h4-7,10,15H,3,8-9H2,1-2H3. The SMILES string of the molecule is C=C(Br)CSc1ccc(CNC(C)C)cc1. The molecule has 1 N–H and O–H groups in total. The van der Waals surface area contributed by atoms with Crippen LogP contribution in [0.15, 0.2) is 40.2 Å². The van der Waals surface area contributed by atoms with Gasteiger partial charge in [-0.05, 0) is 22.2 Å². The average molecular weight is 300 g/mol. The van der Waals surface area contributed by atoms with Gasteiger partial charge >= 0.3 is 0 Å². The minimum absolute atomic E-state index is 0.533. The molecule has 1 rings (SSSR count). The first-order valence-corrected chi connectivity index (χ1v) is 7.14. The second-order valence-electron chi connectivity index (χ2n) is 3.99. The van der Waals surface area contributed by atoms with Crippen LogP contribution in [0.1, 0.15) is 19.4 Å². The van der Waals surface area contributed by atoms with Gasteiger partial charge in [0.1, 0.15) is 0 Å². The van der Waals surface area contributed by atoms with E-state index in [1.807, 2.05) is 0 Å². The van der Waals surface area contributed by atoms with Crippen molar-refractivity contribution in [1.82, 2.24) is 5.32 Å². The van der Waals surface area contributed by atoms with Gasteiger partial charge in [-0.15, -0.1) is 11.8 Å². The molecule has 0 saturated carbocycles. The van der Waals surface area contributed by atoms with Crippen molar-refractivity contribution in [2.24, 2.45) is 0 Å². The van der Waals surface area contributed by atoms with Crippen molar-refractivity contribution in [2.75, 3.05) is 5.75 Å². The Hall–Kier alpha value is -0.250. The summed E-state index contributed by atoms with van der Waals surface area (Å²) in [7, 11) is 0. The van der Waals surface area contributed by atoms with E-state index in [1.54, 1.807) is 11.8 Å². The van der Waals surface area contributed by atoms with Gasteiger partial charge < -0.3 is 5.32 Å². The molecular weight excluding hydrogens is 282 g/mol. The zero-order chi connectivity index (χ0) is 12.0. The summed E-state index contributed by atoms with van der Waals surface area (Å²) in [6, 6.07) is 9.21. The lowest BCUT2D eigenvalue weighted by Crippen LogP contribution is -2.21. The van der Waals surface area contributed by atoms with E-state index in [1.165, 1.54) is 10.5 Å². The third-order valence-electron chi connectivity index (χ3n) is 2.03. The fourth-order valence-corrected chi connectivity index (χ4v) is 2.18. The molecule has 0 saturated heterocycles. The summed E-state index contributed by atoms with van der Waals surface area (Å²) in [5, 5.41) is 3.40. The average Bonchev–Trinajstić information content (AvgIpc) is 2.25. The maximum absolute atomic E-state index is 3.82. The van der Waals surface area contributed by atoms with Crippen LogP contribution in [-0.4, -0.2) is 11.8 Å². The Bertz CT molecular complexity index is 332. The lowest BCUT2D eigenvalue weighted by Gasteiger charge is -2.08. The molecule has 0 amide bonds. The highest BCUT2D eigenvalue weighted by molar-refractivity contribution is 9.11. The van der Waals surface area contributed by atoms with Gasteiger partial charge in [0, 0.05) is 23.2 Å². The van der Waals surface area contributed by atoms with E-state index in [0.717, 1.165) is 16.8 Å². The van der Waals surface area contributed by atoms with Gasteiger partial charge in [0.15, 0.2) is 0 Å². The number of hydrogen-bond donors (Lipinski definition) is 1. The lowest BCUT2D eigenvalue weighted by atomic mass is 10.2. The molecule has 16 heavy (non-hydrogen) atoms. The van der Waals surface area contributed by atoms with Crippen LogP contribution in [0.4, 0.5) is 0 Å². The molecule has 1 aromatic carbocycles. The molecule has 0 radical (unpaired) electrons. The number of hydrogen-bond acceptors (Lipinski definition) is 2. The van der Waals surface area contributed by atoms with Gasteiger partial charge in [-0.1, -0.05) is 48.5 Å². The topological polar surface area (TPSA) is 12.0 Å². The number of nitrogens with one attached hydrogen (secondary N) is 1. The van der Waals surface area contributed by atoms with Crippen LogP contribution in [0.3, 0.4) is 0 Å². The number of thioether (sulfide) groups is 1. The molecule has 88 valence electrons. The quantitative estimate of drug-likeness (QED) is 0.791. The van der Waals surface area contributed by atoms with Gasteiger partial charge in [-0.2, -0.15) is 0 Å². The molecule has 0 aliphatic carbocycles. The summed E-state index contributed by atoms with van der Waals surface area (Å²) in [6.07, 6.45) is 0. The van der Waals surface area contributed by atoms with Crippen LogP contribution >= 0.6 is 27.7 Å². The minimum atomic E-state index is 0.533. The molecular formula is C13H18BrNS. The third kappa shape index (κ3) is 5.73. The van der Waals surface area contributed by atoms with Crippen LogP contribution in [-0.2, 0) is 6.54 Å². The Labute approximate surface area is 111 Å². The van der Waals surface area contributed by atoms with Gasteiger partial charge in [0.25, 0.3) is 0 Å². The van der Waals surface area contributed by atoms with E-state index in [9.17, 15) is 0 Å². The van der Waals surface area contributed by atoms with Crippen LogP contribution in [0.25, 0.3) is 0 Å². The molecule has 0 unspecified atom stereocenters. The van der Waals surface area contributed by atoms with Gasteiger partial charge in [0.05, 0.1) is 0 Å². The highest BCUT2D eigenvalue weighted by atomic mass is 79.9. The maximum Gasteiger partial charge on any atom is 0.0292 e. The highest BCUT2D eigenvalue weighted by Crippen LogP contribution is 2.22. The van der Waals surface area contributed by atoms with E-state index >= 15 is 0 Å². The molecule has 0 aromatic heterocycles. The number of benzene rings is 1. The normalized spacial score (nSPS) is 10.8. The Balaban J connectivity index is 2.44. The molecule has 0 bridgehead atoms. The zero-order valence-corrected chi connectivity index (χ0v) is 12.2. The molecule has 3 heteroatoms. The Morgan fingerprint density at radius 1 is 1.38 bits per heavy atom. The summed E-state index contributed by atoms with van der Waals surface area (Å²) < 4.78 is 1.03. The molecule has 0 fully saturated rings. The third-order valence-corrected chi connectivity index (χ3v) is 3.78. The van der Waals surface area contributed by atoms with Crippen molar-refractivity contribution in [3.8, 4) is 0 Å². The minimum Gasteiger partial charge on any atom is -0.310 e. The molecule has 0 aliphatic rings. The first kappa shape index (κ1) is 13.8. The largest absolute Gasteiger partial charge is 0.310 e. The molecule has 0 aliphatic heterocycles. The molecule has 0 spiro atoms. The zero-order valence-electron chi connectivity index (χ0n) is 9.79. The second kappa shape index (κ2) is 7.15. The molecule has 1 nitrogen and oxygen atoms in total. The Kier molecular flexibility index (Phi) is 6.17. The fraction of sp³-hybridized carbons (Fsp3) is 0.385. The van der Waals surface area contributed by atoms with Crippen molar-refractivity contribution in [2.45, 2.75) is 31.3 Å². The van der Waals surface area contributed by atoms with Crippen LogP contribution < -0.4 is 5.32 Å². The highest BCUT2D eigenvalue weighted by Gasteiger charge is 1.97. The maximum atomic E-state index is 3.82. The first-order chi connectivity index (χ1) is 7.58. The van der Waals surface area contributed by atoms with Gasteiger partial charge in [0.2, 0.25) is 0 Å². The number of rotatable bonds is 6. The smallest absolute Gasteiger partial charge is 0.0292 e. The summed E-state index contributed by atoms with van der Waals surface area (Å²) in [5.74, 6) is 0.920. The van der Waals surface area contributed by atoms with E-state index < -0.39 is 0 Å². The van der Waals surface area contributed by atoms with Crippen LogP contribution in [0, 0.1) is 0 Å². The predicted molar refractivity (Wildman–Crippen MR) is 77.2 cm³/mol. The van der Waals surface area contributed by atoms with Gasteiger partial charge in [-0.25, -0.2) is 0 Å². The lowest BCUT2D eigenvalue weighted by molar-refractivity contribution is 0.588. The second-order valence-corrected chi connectivity index (χ2v) is 6.16. The van der Waals surface area contributed by atoms with E-state index in [-0.39, 0.29) is 0 Å². The summed E-state index contributed by atoms with van der Waals surface area (Å²) in [4.78, 5) is 1.29. The summed E-state index contributed by atoms with van der Waals surface area (Å²) >= 11 is 5.16. The first-order valence-electron chi connectivity index (χ1n) is 5.36. The molecule has 0 atom stereocenters. The fourth-order valence-electron chi connectivity index (χ4n) is 1.19. The Morgan fingerprint density at radius 2 is 2.00 bits per heavy atom. The monoisotopic (exact) mass is 299 g/mol. The van der Waals surface area contributed by atoms with Crippen molar-refractivity contribution >= 4 is 27.7 Å². The van der Waals surface area contributed by atoms with E-state index in [0.29, 0.717) is 6.04 Å². The van der Waals surface area contributed by atoms with Crippen molar-refractivity contribution in [3.05, 3.63) is 40.9 Å². The molecule has 1 aromatic rings. The summed E-state index contributed by atoms with van der Waals surface area (Å²) in [6.45, 7) is 9.08. The van der Waals surface area contributed by atoms with E-state index in [4.69, 9.17) is 0 Å². The summed E-state index contributed by atoms with van der Waals surface area (Å²) in [5.41, 5.74) is 1.33. The van der Waals surface area contributed by atoms with Crippen molar-refractivity contribution in [1.29, 1.82) is 0 Å². The van der Waals surface area contributed by atoms with Crippen molar-refractivity contribution < 1.29 is 0 Å².